The topological polar surface area (TPSA) is 117 Å². The van der Waals surface area contributed by atoms with Gasteiger partial charge in [0.25, 0.3) is 10.0 Å². The van der Waals surface area contributed by atoms with Crippen LogP contribution in [0.1, 0.15) is 12.8 Å². The van der Waals surface area contributed by atoms with Crippen LogP contribution in [0.25, 0.3) is 11.0 Å². The van der Waals surface area contributed by atoms with Crippen LogP contribution in [-0.2, 0) is 10.0 Å². The summed E-state index contributed by atoms with van der Waals surface area (Å²) in [4.78, 5) is 21.7. The largest absolute Gasteiger partial charge is 0.465 e. The van der Waals surface area contributed by atoms with Gasteiger partial charge in [-0.3, -0.25) is 0 Å². The minimum atomic E-state index is -3.80. The average molecular weight is 494 g/mol. The van der Waals surface area contributed by atoms with Gasteiger partial charge in [-0.1, -0.05) is 18.2 Å². The Kier molecular flexibility index (Phi) is 5.65. The Labute approximate surface area is 181 Å². The summed E-state index contributed by atoms with van der Waals surface area (Å²) >= 11 is 3.49. The first-order chi connectivity index (χ1) is 14.4. The molecule has 0 radical (unpaired) electrons. The summed E-state index contributed by atoms with van der Waals surface area (Å²) < 4.78 is 28.0. The van der Waals surface area contributed by atoms with Crippen molar-refractivity contribution in [2.75, 3.05) is 24.5 Å². The third-order valence-electron chi connectivity index (χ3n) is 5.24. The highest BCUT2D eigenvalue weighted by atomic mass is 79.9. The molecule has 0 saturated carbocycles. The first kappa shape index (κ1) is 20.6. The molecule has 3 heterocycles. The van der Waals surface area contributed by atoms with E-state index in [2.05, 4.69) is 36.1 Å². The van der Waals surface area contributed by atoms with Crippen LogP contribution < -0.4 is 10.2 Å². The molecule has 3 aromatic rings. The molecule has 30 heavy (non-hydrogen) atoms. The van der Waals surface area contributed by atoms with Crippen molar-refractivity contribution in [3.8, 4) is 0 Å². The van der Waals surface area contributed by atoms with Gasteiger partial charge in [-0.2, -0.15) is 0 Å². The van der Waals surface area contributed by atoms with E-state index < -0.39 is 16.1 Å². The third kappa shape index (κ3) is 3.86. The number of rotatable bonds is 5. The summed E-state index contributed by atoms with van der Waals surface area (Å²) in [6, 6.07) is 8.22. The molecule has 1 aliphatic rings. The van der Waals surface area contributed by atoms with Gasteiger partial charge in [0.05, 0.1) is 10.3 Å². The molecule has 0 unspecified atom stereocenters. The van der Waals surface area contributed by atoms with E-state index in [0.717, 1.165) is 12.8 Å². The van der Waals surface area contributed by atoms with E-state index in [0.29, 0.717) is 41.0 Å². The summed E-state index contributed by atoms with van der Waals surface area (Å²) in [6.45, 7) is 1.82. The molecule has 1 aromatic carbocycles. The molecule has 1 amide bonds. The van der Waals surface area contributed by atoms with Crippen LogP contribution in [-0.4, -0.2) is 53.2 Å². The standard InChI is InChI=1S/C19H20BrN5O4S/c20-15-11-25(30(28,29)14-4-2-1-3-5-14)18-16(15)17(22-12-23-18)24-8-6-13(7-9-24)10-21-19(26)27/h1-5,11-13,21H,6-10H2,(H,26,27). The van der Waals surface area contributed by atoms with Crippen molar-refractivity contribution < 1.29 is 18.3 Å². The second-order valence-electron chi connectivity index (χ2n) is 7.10. The Morgan fingerprint density at radius 2 is 1.90 bits per heavy atom. The molecule has 4 rings (SSSR count). The smallest absolute Gasteiger partial charge is 0.404 e. The first-order valence-electron chi connectivity index (χ1n) is 9.42. The van der Waals surface area contributed by atoms with Crippen LogP contribution in [0.2, 0.25) is 0 Å². The van der Waals surface area contributed by atoms with Crippen LogP contribution in [0.3, 0.4) is 0 Å². The SMILES string of the molecule is O=C(O)NCC1CCN(c2ncnc3c2c(Br)cn3S(=O)(=O)c2ccccc2)CC1. The molecule has 0 spiro atoms. The molecule has 0 bridgehead atoms. The van der Waals surface area contributed by atoms with Gasteiger partial charge in [0.2, 0.25) is 0 Å². The molecule has 0 aliphatic carbocycles. The van der Waals surface area contributed by atoms with Gasteiger partial charge in [-0.05, 0) is 46.8 Å². The minimum Gasteiger partial charge on any atom is -0.465 e. The second-order valence-corrected chi connectivity index (χ2v) is 9.77. The van der Waals surface area contributed by atoms with E-state index >= 15 is 0 Å². The second kappa shape index (κ2) is 8.23. The van der Waals surface area contributed by atoms with Gasteiger partial charge in [0.1, 0.15) is 12.1 Å². The zero-order valence-corrected chi connectivity index (χ0v) is 18.3. The summed E-state index contributed by atoms with van der Waals surface area (Å²) in [7, 11) is -3.80. The van der Waals surface area contributed by atoms with Crippen molar-refractivity contribution in [1.82, 2.24) is 19.3 Å². The zero-order chi connectivity index (χ0) is 21.3. The lowest BCUT2D eigenvalue weighted by molar-refractivity contribution is 0.191. The quantitative estimate of drug-likeness (QED) is 0.560. The number of piperidine rings is 1. The van der Waals surface area contributed by atoms with Crippen LogP contribution in [0.5, 0.6) is 0 Å². The van der Waals surface area contributed by atoms with Gasteiger partial charge in [-0.25, -0.2) is 27.2 Å². The monoisotopic (exact) mass is 493 g/mol. The maximum Gasteiger partial charge on any atom is 0.404 e. The van der Waals surface area contributed by atoms with Crippen molar-refractivity contribution in [3.05, 3.63) is 47.3 Å². The lowest BCUT2D eigenvalue weighted by Crippen LogP contribution is -2.38. The number of halogens is 1. The van der Waals surface area contributed by atoms with Gasteiger partial charge >= 0.3 is 6.09 Å². The highest BCUT2D eigenvalue weighted by Crippen LogP contribution is 2.35. The number of benzene rings is 1. The third-order valence-corrected chi connectivity index (χ3v) is 7.51. The Balaban J connectivity index is 1.66. The van der Waals surface area contributed by atoms with Crippen LogP contribution in [0.15, 0.2) is 52.2 Å². The van der Waals surface area contributed by atoms with Crippen molar-refractivity contribution in [1.29, 1.82) is 0 Å². The average Bonchev–Trinajstić information content (AvgIpc) is 3.11. The van der Waals surface area contributed by atoms with Crippen LogP contribution >= 0.6 is 15.9 Å². The summed E-state index contributed by atoms with van der Waals surface area (Å²) in [5.41, 5.74) is 0.311. The van der Waals surface area contributed by atoms with Crippen LogP contribution in [0.4, 0.5) is 10.6 Å². The maximum absolute atomic E-state index is 13.1. The lowest BCUT2D eigenvalue weighted by Gasteiger charge is -2.33. The highest BCUT2D eigenvalue weighted by molar-refractivity contribution is 9.10. The molecule has 1 aliphatic heterocycles. The molecule has 2 aromatic heterocycles. The number of anilines is 1. The number of hydrogen-bond donors (Lipinski definition) is 2. The van der Waals surface area contributed by atoms with Gasteiger partial charge in [-0.15, -0.1) is 0 Å². The van der Waals surface area contributed by atoms with Gasteiger partial charge in [0, 0.05) is 30.3 Å². The Hall–Kier alpha value is -2.66. The van der Waals surface area contributed by atoms with E-state index in [9.17, 15) is 13.2 Å². The fourth-order valence-electron chi connectivity index (χ4n) is 3.69. The Morgan fingerprint density at radius 3 is 2.57 bits per heavy atom. The predicted molar refractivity (Wildman–Crippen MR) is 115 cm³/mol. The minimum absolute atomic E-state index is 0.182. The number of carboxylic acid groups (broad SMARTS) is 1. The van der Waals surface area contributed by atoms with Gasteiger partial charge in [0.15, 0.2) is 5.65 Å². The molecule has 2 N–H and O–H groups in total. The van der Waals surface area contributed by atoms with Gasteiger partial charge < -0.3 is 15.3 Å². The van der Waals surface area contributed by atoms with E-state index in [-0.39, 0.29) is 10.8 Å². The lowest BCUT2D eigenvalue weighted by atomic mass is 9.97. The fourth-order valence-corrected chi connectivity index (χ4v) is 5.72. The summed E-state index contributed by atoms with van der Waals surface area (Å²) in [6.07, 6.45) is 3.49. The highest BCUT2D eigenvalue weighted by Gasteiger charge is 2.27. The molecule has 1 fully saturated rings. The number of nitrogens with zero attached hydrogens (tertiary/aromatic N) is 4. The maximum atomic E-state index is 13.1. The molecule has 1 saturated heterocycles. The van der Waals surface area contributed by atoms with E-state index in [1.54, 1.807) is 30.3 Å². The summed E-state index contributed by atoms with van der Waals surface area (Å²) in [5.74, 6) is 0.930. The molecule has 158 valence electrons. The molecule has 9 nitrogen and oxygen atoms in total. The first-order valence-corrected chi connectivity index (χ1v) is 11.6. The molecular weight excluding hydrogens is 474 g/mol. The van der Waals surface area contributed by atoms with Crippen molar-refractivity contribution in [3.63, 3.8) is 0 Å². The van der Waals surface area contributed by atoms with E-state index in [1.807, 2.05) is 0 Å². The molecule has 11 heteroatoms. The number of aromatic nitrogens is 3. The molecule has 0 atom stereocenters. The number of hydrogen-bond acceptors (Lipinski definition) is 6. The van der Waals surface area contributed by atoms with Crippen molar-refractivity contribution in [2.24, 2.45) is 5.92 Å². The zero-order valence-electron chi connectivity index (χ0n) is 15.9. The van der Waals surface area contributed by atoms with Crippen LogP contribution in [0, 0.1) is 5.92 Å². The van der Waals surface area contributed by atoms with Crippen molar-refractivity contribution in [2.45, 2.75) is 17.7 Å². The number of carbonyl (C=O) groups is 1. The molecular formula is C19H20BrN5O4S. The number of amides is 1. The predicted octanol–water partition coefficient (Wildman–Crippen LogP) is 2.91. The van der Waals surface area contributed by atoms with E-state index in [4.69, 9.17) is 5.11 Å². The Bertz CT molecular complexity index is 1170. The fraction of sp³-hybridized carbons (Fsp3) is 0.316. The normalized spacial score (nSPS) is 15.4. The Morgan fingerprint density at radius 1 is 1.20 bits per heavy atom. The summed E-state index contributed by atoms with van der Waals surface area (Å²) in [5, 5.41) is 11.9. The van der Waals surface area contributed by atoms with Crippen molar-refractivity contribution >= 4 is 48.9 Å². The number of nitrogens with one attached hydrogen (secondary N) is 1. The van der Waals surface area contributed by atoms with E-state index in [1.165, 1.54) is 16.5 Å². The number of fused-ring (bicyclic) bond motifs is 1.